The first-order chi connectivity index (χ1) is 12.9. The minimum absolute atomic E-state index is 0.269. The van der Waals surface area contributed by atoms with Gasteiger partial charge in [-0.3, -0.25) is 19.3 Å². The van der Waals surface area contributed by atoms with Crippen LogP contribution in [-0.2, 0) is 4.74 Å². The highest BCUT2D eigenvalue weighted by molar-refractivity contribution is 6.22. The number of carbonyl (C=O) groups is 3. The lowest BCUT2D eigenvalue weighted by Crippen LogP contribution is -2.31. The molecular weight excluding hydrogens is 344 g/mol. The van der Waals surface area contributed by atoms with Crippen molar-refractivity contribution in [1.29, 1.82) is 0 Å². The smallest absolute Gasteiger partial charge is 0.261 e. The van der Waals surface area contributed by atoms with E-state index < -0.39 is 0 Å². The van der Waals surface area contributed by atoms with Crippen molar-refractivity contribution in [3.8, 4) is 0 Å². The van der Waals surface area contributed by atoms with E-state index >= 15 is 0 Å². The molecule has 6 heteroatoms. The van der Waals surface area contributed by atoms with Gasteiger partial charge in [-0.15, -0.1) is 0 Å². The second-order valence-electron chi connectivity index (χ2n) is 6.62. The van der Waals surface area contributed by atoms with Crippen LogP contribution in [0.15, 0.2) is 36.4 Å². The van der Waals surface area contributed by atoms with Gasteiger partial charge in [-0.25, -0.2) is 0 Å². The SMILES string of the molecule is COCCCN1C(=O)c2ccc(C(=O)Nc3ccc(C)c(C)c3)cc2C1=O. The average molecular weight is 366 g/mol. The van der Waals surface area contributed by atoms with Gasteiger partial charge in [0.2, 0.25) is 0 Å². The van der Waals surface area contributed by atoms with Crippen LogP contribution in [0.2, 0.25) is 0 Å². The molecule has 1 aliphatic rings. The number of rotatable bonds is 6. The van der Waals surface area contributed by atoms with Gasteiger partial charge in [0.25, 0.3) is 17.7 Å². The van der Waals surface area contributed by atoms with Crippen molar-refractivity contribution in [2.75, 3.05) is 25.6 Å². The van der Waals surface area contributed by atoms with Crippen LogP contribution in [0.5, 0.6) is 0 Å². The summed E-state index contributed by atoms with van der Waals surface area (Å²) in [6, 6.07) is 10.3. The number of ether oxygens (including phenoxy) is 1. The second kappa shape index (κ2) is 7.72. The third-order valence-electron chi connectivity index (χ3n) is 4.73. The quantitative estimate of drug-likeness (QED) is 0.629. The zero-order valence-corrected chi connectivity index (χ0v) is 15.7. The molecule has 2 aromatic carbocycles. The number of hydrogen-bond acceptors (Lipinski definition) is 4. The number of benzene rings is 2. The molecule has 0 atom stereocenters. The fraction of sp³-hybridized carbons (Fsp3) is 0.286. The van der Waals surface area contributed by atoms with E-state index in [4.69, 9.17) is 4.74 Å². The summed E-state index contributed by atoms with van der Waals surface area (Å²) in [7, 11) is 1.57. The van der Waals surface area contributed by atoms with Gasteiger partial charge in [-0.05, 0) is 61.7 Å². The zero-order chi connectivity index (χ0) is 19.6. The molecule has 6 nitrogen and oxygen atoms in total. The molecule has 0 saturated carbocycles. The van der Waals surface area contributed by atoms with Gasteiger partial charge in [0.1, 0.15) is 0 Å². The van der Waals surface area contributed by atoms with Crippen molar-refractivity contribution >= 4 is 23.4 Å². The maximum absolute atomic E-state index is 12.6. The molecule has 1 aliphatic heterocycles. The summed E-state index contributed by atoms with van der Waals surface area (Å²) in [4.78, 5) is 38.7. The van der Waals surface area contributed by atoms with Crippen molar-refractivity contribution in [3.63, 3.8) is 0 Å². The highest BCUT2D eigenvalue weighted by atomic mass is 16.5. The standard InChI is InChI=1S/C21H22N2O4/c1-13-5-7-16(11-14(13)2)22-19(24)15-6-8-17-18(12-15)21(26)23(20(17)25)9-4-10-27-3/h5-8,11-12H,4,9-10H2,1-3H3,(H,22,24). The lowest BCUT2D eigenvalue weighted by atomic mass is 10.0. The van der Waals surface area contributed by atoms with Gasteiger partial charge in [0.05, 0.1) is 11.1 Å². The van der Waals surface area contributed by atoms with E-state index in [1.165, 1.54) is 11.0 Å². The van der Waals surface area contributed by atoms with Gasteiger partial charge < -0.3 is 10.1 Å². The van der Waals surface area contributed by atoms with Crippen LogP contribution in [-0.4, -0.2) is 42.9 Å². The molecule has 1 N–H and O–H groups in total. The van der Waals surface area contributed by atoms with Crippen LogP contribution in [0, 0.1) is 13.8 Å². The number of anilines is 1. The lowest BCUT2D eigenvalue weighted by molar-refractivity contribution is 0.0638. The molecule has 0 fully saturated rings. The first-order valence-corrected chi connectivity index (χ1v) is 8.80. The van der Waals surface area contributed by atoms with Crippen molar-refractivity contribution in [3.05, 3.63) is 64.2 Å². The zero-order valence-electron chi connectivity index (χ0n) is 15.7. The van der Waals surface area contributed by atoms with E-state index in [0.717, 1.165) is 11.1 Å². The Morgan fingerprint density at radius 2 is 1.74 bits per heavy atom. The molecule has 0 aromatic heterocycles. The van der Waals surface area contributed by atoms with Crippen LogP contribution in [0.4, 0.5) is 5.69 Å². The molecule has 1 heterocycles. The summed E-state index contributed by atoms with van der Waals surface area (Å²) in [5, 5.41) is 2.83. The Morgan fingerprint density at radius 3 is 2.44 bits per heavy atom. The van der Waals surface area contributed by atoms with Crippen LogP contribution in [0.25, 0.3) is 0 Å². The van der Waals surface area contributed by atoms with E-state index in [0.29, 0.717) is 36.4 Å². The number of fused-ring (bicyclic) bond motifs is 1. The predicted molar refractivity (Wildman–Crippen MR) is 102 cm³/mol. The van der Waals surface area contributed by atoms with Crippen molar-refractivity contribution in [1.82, 2.24) is 4.90 Å². The topological polar surface area (TPSA) is 75.7 Å². The maximum Gasteiger partial charge on any atom is 0.261 e. The minimum atomic E-state index is -0.369. The Hall–Kier alpha value is -2.99. The van der Waals surface area contributed by atoms with Gasteiger partial charge in [0, 0.05) is 31.5 Å². The highest BCUT2D eigenvalue weighted by Crippen LogP contribution is 2.25. The monoisotopic (exact) mass is 366 g/mol. The van der Waals surface area contributed by atoms with E-state index in [-0.39, 0.29) is 23.3 Å². The summed E-state index contributed by atoms with van der Waals surface area (Å²) < 4.78 is 4.97. The van der Waals surface area contributed by atoms with Gasteiger partial charge in [0.15, 0.2) is 0 Å². The van der Waals surface area contributed by atoms with Crippen LogP contribution < -0.4 is 5.32 Å². The summed E-state index contributed by atoms with van der Waals surface area (Å²) >= 11 is 0. The fourth-order valence-electron chi connectivity index (χ4n) is 3.02. The molecule has 27 heavy (non-hydrogen) atoms. The van der Waals surface area contributed by atoms with Crippen molar-refractivity contribution in [2.24, 2.45) is 0 Å². The number of amides is 3. The summed E-state index contributed by atoms with van der Waals surface area (Å²) in [5.41, 5.74) is 3.85. The summed E-state index contributed by atoms with van der Waals surface area (Å²) in [5.74, 6) is -1.02. The van der Waals surface area contributed by atoms with Crippen LogP contribution in [0.1, 0.15) is 48.6 Å². The third-order valence-corrected chi connectivity index (χ3v) is 4.73. The third kappa shape index (κ3) is 3.75. The van der Waals surface area contributed by atoms with Gasteiger partial charge in [-0.2, -0.15) is 0 Å². The van der Waals surface area contributed by atoms with Crippen LogP contribution >= 0.6 is 0 Å². The highest BCUT2D eigenvalue weighted by Gasteiger charge is 2.35. The summed E-state index contributed by atoms with van der Waals surface area (Å²) in [6.45, 7) is 4.74. The first kappa shape index (κ1) is 18.8. The second-order valence-corrected chi connectivity index (χ2v) is 6.62. The number of nitrogens with one attached hydrogen (secondary N) is 1. The Balaban J connectivity index is 1.78. The molecule has 0 bridgehead atoms. The Morgan fingerprint density at radius 1 is 1.00 bits per heavy atom. The molecule has 0 unspecified atom stereocenters. The fourth-order valence-corrected chi connectivity index (χ4v) is 3.02. The molecule has 140 valence electrons. The van der Waals surface area contributed by atoms with E-state index in [1.807, 2.05) is 32.0 Å². The van der Waals surface area contributed by atoms with Gasteiger partial charge >= 0.3 is 0 Å². The molecule has 0 aliphatic carbocycles. The predicted octanol–water partition coefficient (Wildman–Crippen LogP) is 3.19. The Labute approximate surface area is 158 Å². The van der Waals surface area contributed by atoms with Crippen LogP contribution in [0.3, 0.4) is 0 Å². The lowest BCUT2D eigenvalue weighted by Gasteiger charge is -2.12. The summed E-state index contributed by atoms with van der Waals surface area (Å²) in [6.07, 6.45) is 0.572. The number of aryl methyl sites for hydroxylation is 2. The van der Waals surface area contributed by atoms with E-state index in [2.05, 4.69) is 5.32 Å². The maximum atomic E-state index is 12.6. The molecule has 2 aromatic rings. The normalized spacial score (nSPS) is 13.1. The number of carbonyl (C=O) groups excluding carboxylic acids is 3. The molecule has 0 spiro atoms. The average Bonchev–Trinajstić information content (AvgIpc) is 2.89. The molecule has 3 rings (SSSR count). The molecule has 0 saturated heterocycles. The first-order valence-electron chi connectivity index (χ1n) is 8.80. The Kier molecular flexibility index (Phi) is 5.37. The molecule has 0 radical (unpaired) electrons. The van der Waals surface area contributed by atoms with E-state index in [1.54, 1.807) is 19.2 Å². The van der Waals surface area contributed by atoms with Crippen molar-refractivity contribution in [2.45, 2.75) is 20.3 Å². The number of nitrogens with zero attached hydrogens (tertiary/aromatic N) is 1. The minimum Gasteiger partial charge on any atom is -0.385 e. The molecular formula is C21H22N2O4. The van der Waals surface area contributed by atoms with E-state index in [9.17, 15) is 14.4 Å². The van der Waals surface area contributed by atoms with Gasteiger partial charge in [-0.1, -0.05) is 6.07 Å². The number of methoxy groups -OCH3 is 1. The Bertz CT molecular complexity index is 920. The molecule has 3 amide bonds. The largest absolute Gasteiger partial charge is 0.385 e. The van der Waals surface area contributed by atoms with Crippen molar-refractivity contribution < 1.29 is 19.1 Å². The number of imide groups is 1. The number of hydrogen-bond donors (Lipinski definition) is 1.